The molecular weight excluding hydrogens is 380 g/mol. The van der Waals surface area contributed by atoms with Gasteiger partial charge in [-0.3, -0.25) is 0 Å². The zero-order chi connectivity index (χ0) is 21.4. The minimum atomic E-state index is -1.37. The topological polar surface area (TPSA) is 111 Å². The molecular formula is C21H28O8. The van der Waals surface area contributed by atoms with Crippen LogP contribution in [0.15, 0.2) is 27.4 Å². The van der Waals surface area contributed by atoms with Gasteiger partial charge in [-0.05, 0) is 45.7 Å². The van der Waals surface area contributed by atoms with Gasteiger partial charge in [0.05, 0.1) is 31.5 Å². The number of epoxide rings is 1. The molecule has 0 unspecified atom stereocenters. The van der Waals surface area contributed by atoms with Crippen molar-refractivity contribution in [2.75, 3.05) is 20.8 Å². The number of hydrogen-bond acceptors (Lipinski definition) is 8. The molecule has 2 aromatic rings. The van der Waals surface area contributed by atoms with Gasteiger partial charge in [-0.15, -0.1) is 0 Å². The monoisotopic (exact) mass is 408 g/mol. The molecule has 0 amide bonds. The van der Waals surface area contributed by atoms with E-state index in [-0.39, 0.29) is 35.4 Å². The molecule has 0 spiro atoms. The van der Waals surface area contributed by atoms with Crippen LogP contribution < -0.4 is 19.8 Å². The molecule has 1 aliphatic heterocycles. The highest BCUT2D eigenvalue weighted by atomic mass is 16.6. The van der Waals surface area contributed by atoms with E-state index in [2.05, 4.69) is 0 Å². The van der Waals surface area contributed by atoms with Crippen LogP contribution in [0.25, 0.3) is 11.0 Å². The van der Waals surface area contributed by atoms with Crippen molar-refractivity contribution in [2.45, 2.75) is 57.0 Å². The molecule has 1 aliphatic rings. The van der Waals surface area contributed by atoms with Gasteiger partial charge in [-0.25, -0.2) is 4.79 Å². The molecule has 1 aromatic carbocycles. The average molecular weight is 408 g/mol. The highest BCUT2D eigenvalue weighted by Gasteiger charge is 2.48. The first-order chi connectivity index (χ1) is 13.6. The molecule has 1 saturated heterocycles. The Bertz CT molecular complexity index is 930. The molecule has 0 bridgehead atoms. The minimum absolute atomic E-state index is 0.0747. The van der Waals surface area contributed by atoms with Crippen molar-refractivity contribution in [1.29, 1.82) is 0 Å². The van der Waals surface area contributed by atoms with Crippen molar-refractivity contribution in [3.05, 3.63) is 28.6 Å². The molecule has 8 nitrogen and oxygen atoms in total. The summed E-state index contributed by atoms with van der Waals surface area (Å²) < 4.78 is 27.3. The summed E-state index contributed by atoms with van der Waals surface area (Å²) in [6, 6.07) is 4.54. The number of aliphatic hydroxyl groups excluding tert-OH is 1. The second-order valence-electron chi connectivity index (χ2n) is 8.05. The van der Waals surface area contributed by atoms with E-state index >= 15 is 0 Å². The Labute approximate surface area is 168 Å². The van der Waals surface area contributed by atoms with Crippen LogP contribution in [-0.2, 0) is 4.74 Å². The van der Waals surface area contributed by atoms with Crippen molar-refractivity contribution in [1.82, 2.24) is 0 Å². The van der Waals surface area contributed by atoms with Gasteiger partial charge >= 0.3 is 5.63 Å². The smallest absolute Gasteiger partial charge is 0.336 e. The van der Waals surface area contributed by atoms with Gasteiger partial charge in [0.1, 0.15) is 12.7 Å². The van der Waals surface area contributed by atoms with Gasteiger partial charge in [0.2, 0.25) is 11.5 Å². The van der Waals surface area contributed by atoms with Gasteiger partial charge in [-0.2, -0.15) is 0 Å². The predicted octanol–water partition coefficient (Wildman–Crippen LogP) is 2.26. The SMILES string of the molecule is COc1cc2ccc(=O)oc2c(OC)c1OC[C@@H](O)[C@](C)(O)CC[C@H]1OC1(C)C. The largest absolute Gasteiger partial charge is 0.493 e. The van der Waals surface area contributed by atoms with E-state index in [9.17, 15) is 15.0 Å². The normalized spacial score (nSPS) is 20.7. The van der Waals surface area contributed by atoms with E-state index in [4.69, 9.17) is 23.4 Å². The van der Waals surface area contributed by atoms with Crippen LogP contribution in [-0.4, -0.2) is 54.4 Å². The lowest BCUT2D eigenvalue weighted by Gasteiger charge is -2.29. The van der Waals surface area contributed by atoms with Gasteiger partial charge < -0.3 is 33.6 Å². The molecule has 0 aliphatic carbocycles. The van der Waals surface area contributed by atoms with Crippen LogP contribution >= 0.6 is 0 Å². The third kappa shape index (κ3) is 4.49. The van der Waals surface area contributed by atoms with Crippen molar-refractivity contribution in [2.24, 2.45) is 0 Å². The van der Waals surface area contributed by atoms with Crippen molar-refractivity contribution in [3.8, 4) is 17.2 Å². The van der Waals surface area contributed by atoms with Crippen LogP contribution in [0.4, 0.5) is 0 Å². The fourth-order valence-electron chi connectivity index (χ4n) is 3.28. The Morgan fingerprint density at radius 1 is 1.24 bits per heavy atom. The second kappa shape index (κ2) is 7.85. The molecule has 2 N–H and O–H groups in total. The van der Waals surface area contributed by atoms with Crippen LogP contribution in [0, 0.1) is 0 Å². The molecule has 2 heterocycles. The number of aliphatic hydroxyl groups is 2. The summed E-state index contributed by atoms with van der Waals surface area (Å²) in [5.74, 6) is 0.707. The third-order valence-corrected chi connectivity index (χ3v) is 5.39. The highest BCUT2D eigenvalue weighted by molar-refractivity contribution is 5.88. The molecule has 3 rings (SSSR count). The lowest BCUT2D eigenvalue weighted by Crippen LogP contribution is -2.43. The van der Waals surface area contributed by atoms with Crippen molar-refractivity contribution in [3.63, 3.8) is 0 Å². The molecule has 3 atom stereocenters. The summed E-state index contributed by atoms with van der Waals surface area (Å²) in [5.41, 5.74) is -1.86. The number of hydrogen-bond donors (Lipinski definition) is 2. The number of fused-ring (bicyclic) bond motifs is 1. The van der Waals surface area contributed by atoms with Crippen LogP contribution in [0.1, 0.15) is 33.6 Å². The summed E-state index contributed by atoms with van der Waals surface area (Å²) in [5, 5.41) is 21.8. The Balaban J connectivity index is 1.77. The highest BCUT2D eigenvalue weighted by Crippen LogP contribution is 2.43. The van der Waals surface area contributed by atoms with Gasteiger partial charge in [0.15, 0.2) is 11.3 Å². The van der Waals surface area contributed by atoms with Crippen molar-refractivity contribution >= 4 is 11.0 Å². The Morgan fingerprint density at radius 3 is 2.52 bits per heavy atom. The number of benzene rings is 1. The van der Waals surface area contributed by atoms with Crippen molar-refractivity contribution < 1.29 is 33.6 Å². The molecule has 1 aromatic heterocycles. The Morgan fingerprint density at radius 2 is 1.93 bits per heavy atom. The summed E-state index contributed by atoms with van der Waals surface area (Å²) in [6.07, 6.45) is -0.111. The quantitative estimate of drug-likeness (QED) is 0.480. The fraction of sp³-hybridized carbons (Fsp3) is 0.571. The van der Waals surface area contributed by atoms with Gasteiger partial charge in [-0.1, -0.05) is 0 Å². The maximum Gasteiger partial charge on any atom is 0.336 e. The van der Waals surface area contributed by atoms with E-state index in [0.29, 0.717) is 24.0 Å². The lowest BCUT2D eigenvalue weighted by molar-refractivity contribution is -0.0850. The maximum absolute atomic E-state index is 11.6. The molecule has 29 heavy (non-hydrogen) atoms. The summed E-state index contributed by atoms with van der Waals surface area (Å²) >= 11 is 0. The zero-order valence-electron chi connectivity index (χ0n) is 17.4. The van der Waals surface area contributed by atoms with E-state index in [0.717, 1.165) is 0 Å². The first-order valence-electron chi connectivity index (χ1n) is 9.49. The zero-order valence-corrected chi connectivity index (χ0v) is 17.4. The number of ether oxygens (including phenoxy) is 4. The Hall–Kier alpha value is -2.29. The molecule has 8 heteroatoms. The van der Waals surface area contributed by atoms with Gasteiger partial charge in [0, 0.05) is 11.5 Å². The predicted molar refractivity (Wildman–Crippen MR) is 106 cm³/mol. The molecule has 160 valence electrons. The van der Waals surface area contributed by atoms with E-state index in [1.54, 1.807) is 19.1 Å². The summed E-state index contributed by atoms with van der Waals surface area (Å²) in [6.45, 7) is 5.33. The lowest BCUT2D eigenvalue weighted by atomic mass is 9.91. The average Bonchev–Trinajstić information content (AvgIpc) is 3.30. The number of methoxy groups -OCH3 is 2. The molecule has 0 saturated carbocycles. The van der Waals surface area contributed by atoms with Gasteiger partial charge in [0.25, 0.3) is 0 Å². The van der Waals surface area contributed by atoms with E-state index in [1.807, 2.05) is 13.8 Å². The first kappa shape index (κ1) is 21.4. The molecule has 1 fully saturated rings. The fourth-order valence-corrected chi connectivity index (χ4v) is 3.28. The number of rotatable bonds is 9. The second-order valence-corrected chi connectivity index (χ2v) is 8.05. The van der Waals surface area contributed by atoms with Crippen LogP contribution in [0.2, 0.25) is 0 Å². The standard InChI is InChI=1S/C21H28O8/c1-20(2)15(29-20)8-9-21(3,24)14(22)11-27-18-13(25-4)10-12-6-7-16(23)28-17(12)19(18)26-5/h6-7,10,14-15,22,24H,8-9,11H2,1-5H3/t14-,15-,21-/m1/s1. The summed E-state index contributed by atoms with van der Waals surface area (Å²) in [7, 11) is 2.88. The van der Waals surface area contributed by atoms with Crippen LogP contribution in [0.5, 0.6) is 17.2 Å². The van der Waals surface area contributed by atoms with Crippen LogP contribution in [0.3, 0.4) is 0 Å². The minimum Gasteiger partial charge on any atom is -0.493 e. The first-order valence-corrected chi connectivity index (χ1v) is 9.49. The third-order valence-electron chi connectivity index (χ3n) is 5.39. The van der Waals surface area contributed by atoms with E-state index in [1.165, 1.54) is 20.3 Å². The molecule has 0 radical (unpaired) electrons. The Kier molecular flexibility index (Phi) is 5.80. The van der Waals surface area contributed by atoms with E-state index < -0.39 is 17.3 Å². The maximum atomic E-state index is 11.6. The summed E-state index contributed by atoms with van der Waals surface area (Å²) in [4.78, 5) is 11.6.